The van der Waals surface area contributed by atoms with Gasteiger partial charge in [0.05, 0.1) is 18.8 Å². The van der Waals surface area contributed by atoms with Crippen molar-refractivity contribution in [1.82, 2.24) is 20.2 Å². The number of nitrogens with zero attached hydrogens (tertiary/aromatic N) is 4. The number of carbonyl (C=O) groups excluding carboxylic acids is 1. The Morgan fingerprint density at radius 2 is 2.21 bits per heavy atom. The van der Waals surface area contributed by atoms with Crippen LogP contribution in [0.4, 0.5) is 0 Å². The molecule has 0 aliphatic carbocycles. The fourth-order valence-electron chi connectivity index (χ4n) is 3.18. The van der Waals surface area contributed by atoms with E-state index in [0.717, 1.165) is 16.5 Å². The Hall–Kier alpha value is -3.99. The zero-order valence-electron chi connectivity index (χ0n) is 15.2. The number of hydrogen-bond donors (Lipinski definition) is 1. The maximum Gasteiger partial charge on any atom is 0.185 e. The molecule has 3 aromatic heterocycles. The Balaban J connectivity index is 1.68. The molecule has 1 aromatic carbocycles. The monoisotopic (exact) mass is 373 g/mol. The Morgan fingerprint density at radius 1 is 1.36 bits per heavy atom. The third kappa shape index (κ3) is 2.89. The zero-order chi connectivity index (χ0) is 19.7. The maximum atomic E-state index is 12.8. The number of carbonyl (C=O) groups is 1. The van der Waals surface area contributed by atoms with Crippen molar-refractivity contribution < 1.29 is 13.9 Å². The van der Waals surface area contributed by atoms with E-state index in [1.54, 1.807) is 13.1 Å². The quantitative estimate of drug-likeness (QED) is 0.534. The Labute approximate surface area is 159 Å². The third-order valence-electron chi connectivity index (χ3n) is 4.51. The number of rotatable bonds is 5. The second-order valence-electron chi connectivity index (χ2n) is 6.21. The van der Waals surface area contributed by atoms with E-state index < -0.39 is 0 Å². The topological polar surface area (TPSA) is 118 Å². The molecule has 0 aliphatic rings. The lowest BCUT2D eigenvalue weighted by Crippen LogP contribution is -2.10. The first-order valence-corrected chi connectivity index (χ1v) is 8.45. The number of aromatic amines is 1. The molecule has 0 aliphatic heterocycles. The van der Waals surface area contributed by atoms with Crippen molar-refractivity contribution in [3.05, 3.63) is 59.4 Å². The van der Waals surface area contributed by atoms with Gasteiger partial charge in [0.2, 0.25) is 0 Å². The number of pyridine rings is 1. The van der Waals surface area contributed by atoms with Gasteiger partial charge in [-0.3, -0.25) is 14.9 Å². The van der Waals surface area contributed by atoms with Crippen molar-refractivity contribution in [1.29, 1.82) is 5.26 Å². The van der Waals surface area contributed by atoms with Crippen LogP contribution in [0.1, 0.15) is 27.2 Å². The molecule has 0 spiro atoms. The highest BCUT2D eigenvalue weighted by Crippen LogP contribution is 2.28. The van der Waals surface area contributed by atoms with Crippen molar-refractivity contribution in [3.8, 4) is 23.3 Å². The molecule has 0 radical (unpaired) electrons. The first-order valence-electron chi connectivity index (χ1n) is 8.45. The molecule has 0 saturated carbocycles. The van der Waals surface area contributed by atoms with Crippen LogP contribution in [0.3, 0.4) is 0 Å². The Kier molecular flexibility index (Phi) is 4.33. The van der Waals surface area contributed by atoms with Gasteiger partial charge >= 0.3 is 0 Å². The maximum absolute atomic E-state index is 12.8. The van der Waals surface area contributed by atoms with E-state index in [4.69, 9.17) is 14.4 Å². The van der Waals surface area contributed by atoms with Crippen LogP contribution >= 0.6 is 0 Å². The molecule has 0 unspecified atom stereocenters. The summed E-state index contributed by atoms with van der Waals surface area (Å²) in [5, 5.41) is 17.2. The van der Waals surface area contributed by atoms with Crippen molar-refractivity contribution >= 4 is 16.7 Å². The molecule has 138 valence electrons. The third-order valence-corrected chi connectivity index (χ3v) is 4.51. The van der Waals surface area contributed by atoms with E-state index in [0.29, 0.717) is 34.0 Å². The summed E-state index contributed by atoms with van der Waals surface area (Å²) in [7, 11) is 1.47. The minimum absolute atomic E-state index is 0.153. The summed E-state index contributed by atoms with van der Waals surface area (Å²) in [6.45, 7) is 1.72. The van der Waals surface area contributed by atoms with Crippen molar-refractivity contribution in [2.24, 2.45) is 0 Å². The summed E-state index contributed by atoms with van der Waals surface area (Å²) in [4.78, 5) is 20.9. The van der Waals surface area contributed by atoms with Crippen LogP contribution in [0.2, 0.25) is 0 Å². The number of ketones is 1. The summed E-state index contributed by atoms with van der Waals surface area (Å²) in [5.74, 6) is 0.757. The molecule has 0 amide bonds. The van der Waals surface area contributed by atoms with Gasteiger partial charge in [-0.1, -0.05) is 6.07 Å². The lowest BCUT2D eigenvalue weighted by atomic mass is 10.0. The molecule has 4 aromatic rings. The Bertz CT molecular complexity index is 1220. The van der Waals surface area contributed by atoms with Crippen molar-refractivity contribution in [2.75, 3.05) is 7.11 Å². The van der Waals surface area contributed by atoms with Crippen LogP contribution in [-0.4, -0.2) is 33.1 Å². The van der Waals surface area contributed by atoms with Crippen LogP contribution in [0.5, 0.6) is 5.75 Å². The van der Waals surface area contributed by atoms with Crippen LogP contribution in [0.15, 0.2) is 41.4 Å². The van der Waals surface area contributed by atoms with Crippen LogP contribution in [0.25, 0.3) is 22.4 Å². The van der Waals surface area contributed by atoms with Crippen LogP contribution in [0, 0.1) is 18.3 Å². The van der Waals surface area contributed by atoms with Crippen LogP contribution in [-0.2, 0) is 6.42 Å². The molecule has 28 heavy (non-hydrogen) atoms. The molecule has 0 bridgehead atoms. The normalized spacial score (nSPS) is 10.8. The van der Waals surface area contributed by atoms with Crippen molar-refractivity contribution in [2.45, 2.75) is 13.3 Å². The lowest BCUT2D eigenvalue weighted by Gasteiger charge is -2.10. The molecule has 4 rings (SSSR count). The van der Waals surface area contributed by atoms with E-state index >= 15 is 0 Å². The molecule has 3 heterocycles. The molecule has 1 N–H and O–H groups in total. The first kappa shape index (κ1) is 17.4. The number of fused-ring (bicyclic) bond motifs is 1. The fourth-order valence-corrected chi connectivity index (χ4v) is 3.18. The standard InChI is InChI=1S/C20H15N5O3/c1-11-18(23-8-13(7-21)20(11)27-2)16(26)6-12-3-4-15-14(5-12)19(25-24-15)17-9-22-10-28-17/h3-5,8-10H,6H2,1-2H3,(H,24,25). The molecular formula is C20H15N5O3. The summed E-state index contributed by atoms with van der Waals surface area (Å²) in [6, 6.07) is 7.64. The van der Waals surface area contributed by atoms with E-state index in [1.807, 2.05) is 24.3 Å². The van der Waals surface area contributed by atoms with E-state index in [9.17, 15) is 4.79 Å². The van der Waals surface area contributed by atoms with Gasteiger partial charge in [0.15, 0.2) is 17.9 Å². The summed E-state index contributed by atoms with van der Waals surface area (Å²) in [5.41, 5.74) is 3.42. The highest BCUT2D eigenvalue weighted by atomic mass is 16.5. The van der Waals surface area contributed by atoms with Crippen LogP contribution < -0.4 is 4.74 Å². The number of ether oxygens (including phenoxy) is 1. The smallest absolute Gasteiger partial charge is 0.185 e. The minimum atomic E-state index is -0.163. The molecule has 8 nitrogen and oxygen atoms in total. The van der Waals surface area contributed by atoms with Gasteiger partial charge in [0, 0.05) is 23.6 Å². The minimum Gasteiger partial charge on any atom is -0.495 e. The summed E-state index contributed by atoms with van der Waals surface area (Å²) < 4.78 is 10.6. The number of nitrogens with one attached hydrogen (secondary N) is 1. The van der Waals surface area contributed by atoms with Gasteiger partial charge in [0.25, 0.3) is 0 Å². The number of Topliss-reactive ketones (excluding diaryl/α,β-unsaturated/α-hetero) is 1. The van der Waals surface area contributed by atoms with E-state index in [-0.39, 0.29) is 12.2 Å². The van der Waals surface area contributed by atoms with E-state index in [2.05, 4.69) is 20.2 Å². The zero-order valence-corrected chi connectivity index (χ0v) is 15.2. The van der Waals surface area contributed by atoms with E-state index in [1.165, 1.54) is 19.7 Å². The predicted molar refractivity (Wildman–Crippen MR) is 99.9 cm³/mol. The number of hydrogen-bond acceptors (Lipinski definition) is 7. The number of H-pyrrole nitrogens is 1. The van der Waals surface area contributed by atoms with Gasteiger partial charge in [-0.2, -0.15) is 10.4 Å². The molecule has 0 fully saturated rings. The average Bonchev–Trinajstić information content (AvgIpc) is 3.36. The lowest BCUT2D eigenvalue weighted by molar-refractivity contribution is 0.0987. The number of nitriles is 1. The Morgan fingerprint density at radius 3 is 2.93 bits per heavy atom. The second-order valence-corrected chi connectivity index (χ2v) is 6.21. The number of oxazole rings is 1. The van der Waals surface area contributed by atoms with Gasteiger partial charge < -0.3 is 9.15 Å². The average molecular weight is 373 g/mol. The summed E-state index contributed by atoms with van der Waals surface area (Å²) >= 11 is 0. The van der Waals surface area contributed by atoms with Crippen molar-refractivity contribution in [3.63, 3.8) is 0 Å². The highest BCUT2D eigenvalue weighted by Gasteiger charge is 2.19. The largest absolute Gasteiger partial charge is 0.495 e. The summed E-state index contributed by atoms with van der Waals surface area (Å²) in [6.07, 6.45) is 4.44. The number of aromatic nitrogens is 4. The number of benzene rings is 1. The molecule has 0 saturated heterocycles. The second kappa shape index (κ2) is 6.96. The van der Waals surface area contributed by atoms with Gasteiger partial charge in [0.1, 0.15) is 28.8 Å². The molecular weight excluding hydrogens is 358 g/mol. The van der Waals surface area contributed by atoms with Gasteiger partial charge in [-0.25, -0.2) is 4.98 Å². The SMILES string of the molecule is COc1c(C#N)cnc(C(=O)Cc2ccc3[nH]nc(-c4cnco4)c3c2)c1C. The van der Waals surface area contributed by atoms with Gasteiger partial charge in [-0.15, -0.1) is 0 Å². The number of methoxy groups -OCH3 is 1. The highest BCUT2D eigenvalue weighted by molar-refractivity contribution is 5.99. The van der Waals surface area contributed by atoms with Gasteiger partial charge in [-0.05, 0) is 24.6 Å². The first-order chi connectivity index (χ1) is 13.6. The molecule has 0 atom stereocenters. The predicted octanol–water partition coefficient (Wildman–Crippen LogP) is 3.23. The fraction of sp³-hybridized carbons (Fsp3) is 0.150. The molecule has 8 heteroatoms.